The Morgan fingerprint density at radius 1 is 1.75 bits per heavy atom. The fourth-order valence-corrected chi connectivity index (χ4v) is 0.451. The maximum Gasteiger partial charge on any atom is 0.0964 e. The molecule has 0 N–H and O–H groups in total. The zero-order valence-corrected chi connectivity index (χ0v) is 5.32. The Kier molecular flexibility index (Phi) is 4.53. The monoisotopic (exact) mass is 109 g/mol. The van der Waals surface area contributed by atoms with E-state index in [0.29, 0.717) is 0 Å². The van der Waals surface area contributed by atoms with E-state index in [4.69, 9.17) is 0 Å². The van der Waals surface area contributed by atoms with Crippen molar-refractivity contribution in [1.82, 2.24) is 0 Å². The van der Waals surface area contributed by atoms with Crippen LogP contribution in [-0.4, -0.2) is 0 Å². The minimum atomic E-state index is 0.910. The van der Waals surface area contributed by atoms with Crippen LogP contribution in [-0.2, 0) is 0 Å². The van der Waals surface area contributed by atoms with E-state index in [-0.39, 0.29) is 0 Å². The quantitative estimate of drug-likeness (QED) is 0.384. The van der Waals surface area contributed by atoms with Crippen LogP contribution in [0.4, 0.5) is 0 Å². The molecule has 0 saturated heterocycles. The molecule has 0 heteroatoms. The van der Waals surface area contributed by atoms with Crippen LogP contribution in [0.5, 0.6) is 0 Å². The van der Waals surface area contributed by atoms with Gasteiger partial charge in [0, 0.05) is 19.9 Å². The normalized spacial score (nSPS) is 9.12. The highest BCUT2D eigenvalue weighted by atomic mass is 13.9. The van der Waals surface area contributed by atoms with Crippen LogP contribution in [0.2, 0.25) is 0 Å². The van der Waals surface area contributed by atoms with Gasteiger partial charge in [-0.2, -0.15) is 6.42 Å². The molecule has 0 aromatic heterocycles. The van der Waals surface area contributed by atoms with Crippen LogP contribution in [0.25, 0.3) is 0 Å². The van der Waals surface area contributed by atoms with Crippen molar-refractivity contribution in [2.24, 2.45) is 0 Å². The van der Waals surface area contributed by atoms with Crippen molar-refractivity contribution in [3.05, 3.63) is 32.4 Å². The molecule has 45 valence electrons. The molecule has 0 aliphatic rings. The van der Waals surface area contributed by atoms with Gasteiger partial charge in [-0.05, 0) is 6.42 Å². The Morgan fingerprint density at radius 3 is 2.75 bits per heavy atom. The molecule has 0 aliphatic heterocycles. The van der Waals surface area contributed by atoms with Crippen molar-refractivity contribution in [2.75, 3.05) is 0 Å². The molecule has 0 fully saturated rings. The molecular weight excluding hydrogens is 96.1 g/mol. The van der Waals surface area contributed by atoms with Crippen molar-refractivity contribution in [3.63, 3.8) is 0 Å². The van der Waals surface area contributed by atoms with Crippen molar-refractivity contribution >= 4 is 0 Å². The summed E-state index contributed by atoms with van der Waals surface area (Å²) in [6.07, 6.45) is 5.13. The van der Waals surface area contributed by atoms with Gasteiger partial charge < -0.3 is 6.92 Å². The Balaban J connectivity index is 2.82. The highest BCUT2D eigenvalue weighted by Gasteiger charge is 1.89. The van der Waals surface area contributed by atoms with Gasteiger partial charge in [0.05, 0.1) is 5.57 Å². The highest BCUT2D eigenvalue weighted by Crippen LogP contribution is 2.03. The zero-order chi connectivity index (χ0) is 6.41. The summed E-state index contributed by atoms with van der Waals surface area (Å²) < 4.78 is 0. The second-order valence-corrected chi connectivity index (χ2v) is 1.87. The van der Waals surface area contributed by atoms with E-state index in [1.54, 1.807) is 0 Å². The standard InChI is InChI=1S/C8H13/c1-4-5-6-7-8(2)3/h5H,1-4,6-7H2. The van der Waals surface area contributed by atoms with Gasteiger partial charge in [0.2, 0.25) is 0 Å². The number of hydrogen-bond acceptors (Lipinski definition) is 0. The van der Waals surface area contributed by atoms with Crippen LogP contribution in [0.3, 0.4) is 0 Å². The summed E-state index contributed by atoms with van der Waals surface area (Å²) in [6.45, 7) is 11.0. The summed E-state index contributed by atoms with van der Waals surface area (Å²) in [5.74, 6) is 0. The third kappa shape index (κ3) is 5.61. The van der Waals surface area contributed by atoms with Crippen LogP contribution in [0, 0.1) is 20.3 Å². The van der Waals surface area contributed by atoms with E-state index in [2.05, 4.69) is 26.8 Å². The number of hydrogen-bond donors (Lipinski definition) is 0. The van der Waals surface area contributed by atoms with Crippen LogP contribution in [0.15, 0.2) is 12.2 Å². The van der Waals surface area contributed by atoms with Gasteiger partial charge in [-0.25, -0.2) is 0 Å². The predicted octanol–water partition coefficient (Wildman–Crippen LogP) is 2.59. The molecule has 0 aromatic carbocycles. The number of rotatable bonds is 4. The Hall–Kier alpha value is -0.390. The largest absolute Gasteiger partial charge is 0.343 e. The predicted molar refractivity (Wildman–Crippen MR) is 38.0 cm³/mol. The number of allylic oxidation sites excluding steroid dienone is 1. The second kappa shape index (κ2) is 4.76. The number of unbranched alkanes of at least 4 members (excludes halogenated alkanes) is 2. The van der Waals surface area contributed by atoms with E-state index in [0.717, 1.165) is 24.8 Å². The third-order valence-corrected chi connectivity index (χ3v) is 0.906. The summed E-state index contributed by atoms with van der Waals surface area (Å²) in [5, 5.41) is 0. The first-order chi connectivity index (χ1) is 3.77. The first-order valence-electron chi connectivity index (χ1n) is 2.88. The minimum Gasteiger partial charge on any atom is -0.343 e. The maximum absolute atomic E-state index is 3.68. The van der Waals surface area contributed by atoms with Gasteiger partial charge in [0.15, 0.2) is 0 Å². The van der Waals surface area contributed by atoms with Crippen LogP contribution >= 0.6 is 0 Å². The van der Waals surface area contributed by atoms with E-state index >= 15 is 0 Å². The molecule has 0 atom stereocenters. The Labute approximate surface area is 52.6 Å². The molecule has 0 amide bonds. The second-order valence-electron chi connectivity index (χ2n) is 1.87. The average molecular weight is 109 g/mol. The van der Waals surface area contributed by atoms with E-state index in [1.165, 1.54) is 0 Å². The Morgan fingerprint density at radius 2 is 2.38 bits per heavy atom. The van der Waals surface area contributed by atoms with E-state index in [9.17, 15) is 0 Å². The lowest BCUT2D eigenvalue weighted by Crippen LogP contribution is -1.76. The molecular formula is C8H13. The first-order valence-corrected chi connectivity index (χ1v) is 2.88. The third-order valence-electron chi connectivity index (χ3n) is 0.906. The van der Waals surface area contributed by atoms with Gasteiger partial charge in [0.1, 0.15) is 0 Å². The zero-order valence-electron chi connectivity index (χ0n) is 5.32. The molecule has 1 radical (unpaired) electrons. The van der Waals surface area contributed by atoms with Gasteiger partial charge >= 0.3 is 0 Å². The fourth-order valence-electron chi connectivity index (χ4n) is 0.451. The molecule has 0 spiro atoms. The lowest BCUT2D eigenvalue weighted by Gasteiger charge is -1.93. The van der Waals surface area contributed by atoms with Gasteiger partial charge in [-0.1, -0.05) is 6.42 Å². The molecule has 0 heterocycles. The van der Waals surface area contributed by atoms with Crippen molar-refractivity contribution < 1.29 is 0 Å². The summed E-state index contributed by atoms with van der Waals surface area (Å²) in [6, 6.07) is 0. The average Bonchev–Trinajstić information content (AvgIpc) is 1.66. The SMILES string of the molecule is C=C([CH2+])CC[CH]C[CH2-]. The molecule has 0 saturated carbocycles. The van der Waals surface area contributed by atoms with E-state index < -0.39 is 0 Å². The molecule has 8 heavy (non-hydrogen) atoms. The van der Waals surface area contributed by atoms with Gasteiger partial charge in [-0.15, -0.1) is 0 Å². The summed E-state index contributed by atoms with van der Waals surface area (Å²) in [5.41, 5.74) is 1.01. The molecule has 0 unspecified atom stereocenters. The van der Waals surface area contributed by atoms with Gasteiger partial charge in [-0.3, -0.25) is 0 Å². The first kappa shape index (κ1) is 7.61. The smallest absolute Gasteiger partial charge is 0.0964 e. The summed E-state index contributed by atoms with van der Waals surface area (Å²) in [4.78, 5) is 0. The topological polar surface area (TPSA) is 0 Å². The molecule has 0 aliphatic carbocycles. The lowest BCUT2D eigenvalue weighted by molar-refractivity contribution is 0.909. The minimum absolute atomic E-state index is 0.910. The summed E-state index contributed by atoms with van der Waals surface area (Å²) >= 11 is 0. The fraction of sp³-hybridized carbons (Fsp3) is 0.375. The van der Waals surface area contributed by atoms with Crippen LogP contribution in [0.1, 0.15) is 19.3 Å². The van der Waals surface area contributed by atoms with Gasteiger partial charge in [0.25, 0.3) is 0 Å². The molecule has 0 rings (SSSR count). The lowest BCUT2D eigenvalue weighted by atomic mass is 10.1. The van der Waals surface area contributed by atoms with Crippen molar-refractivity contribution in [1.29, 1.82) is 0 Å². The Bertz CT molecular complexity index is 62.4. The van der Waals surface area contributed by atoms with Crippen molar-refractivity contribution in [2.45, 2.75) is 19.3 Å². The summed E-state index contributed by atoms with van der Waals surface area (Å²) in [7, 11) is 0. The van der Waals surface area contributed by atoms with Crippen LogP contribution < -0.4 is 0 Å². The van der Waals surface area contributed by atoms with Crippen molar-refractivity contribution in [3.8, 4) is 0 Å². The molecule has 0 bridgehead atoms. The molecule has 0 nitrogen and oxygen atoms in total. The van der Waals surface area contributed by atoms with E-state index in [1.807, 2.05) is 0 Å². The highest BCUT2D eigenvalue weighted by molar-refractivity contribution is 4.98. The maximum atomic E-state index is 3.68. The molecule has 0 aromatic rings.